The quantitative estimate of drug-likeness (QED) is 0.375. The van der Waals surface area contributed by atoms with Gasteiger partial charge in [0.2, 0.25) is 5.91 Å². The zero-order chi connectivity index (χ0) is 24.9. The van der Waals surface area contributed by atoms with E-state index in [0.717, 1.165) is 31.5 Å². The average Bonchev–Trinajstić information content (AvgIpc) is 3.45. The third-order valence-corrected chi connectivity index (χ3v) is 7.16. The number of aryl methyl sites for hydroxylation is 3. The molecular formula is C24H23N7O3S. The molecule has 35 heavy (non-hydrogen) atoms. The van der Waals surface area contributed by atoms with Gasteiger partial charge in [-0.2, -0.15) is 0 Å². The molecule has 0 atom stereocenters. The number of rotatable bonds is 5. The lowest BCUT2D eigenvalue weighted by atomic mass is 10.1. The molecule has 5 rings (SSSR count). The fourth-order valence-electron chi connectivity index (χ4n) is 4.16. The number of anilines is 1. The Morgan fingerprint density at radius 3 is 2.69 bits per heavy atom. The van der Waals surface area contributed by atoms with Gasteiger partial charge < -0.3 is 4.57 Å². The predicted molar refractivity (Wildman–Crippen MR) is 135 cm³/mol. The number of aromatic nitrogens is 6. The minimum Gasteiger partial charge on any atom is -0.315 e. The lowest BCUT2D eigenvalue weighted by Crippen LogP contribution is -2.38. The molecule has 0 N–H and O–H groups in total. The van der Waals surface area contributed by atoms with Crippen LogP contribution in [0.1, 0.15) is 16.7 Å². The molecule has 4 heterocycles. The summed E-state index contributed by atoms with van der Waals surface area (Å²) >= 11 is 1.45. The van der Waals surface area contributed by atoms with Crippen LogP contribution in [0.5, 0.6) is 0 Å². The molecule has 1 aromatic carbocycles. The van der Waals surface area contributed by atoms with Gasteiger partial charge in [-0.05, 0) is 42.7 Å². The van der Waals surface area contributed by atoms with Crippen LogP contribution in [0.2, 0.25) is 0 Å². The Bertz CT molecular complexity index is 1710. The molecule has 0 saturated heterocycles. The van der Waals surface area contributed by atoms with Gasteiger partial charge in [-0.3, -0.25) is 28.6 Å². The van der Waals surface area contributed by atoms with Crippen LogP contribution in [0, 0.1) is 13.8 Å². The number of hydrogen-bond acceptors (Lipinski definition) is 7. The van der Waals surface area contributed by atoms with Crippen LogP contribution in [0.3, 0.4) is 0 Å². The Labute approximate surface area is 203 Å². The van der Waals surface area contributed by atoms with E-state index in [1.54, 1.807) is 24.3 Å². The molecule has 0 spiro atoms. The first-order chi connectivity index (χ1) is 16.7. The highest BCUT2D eigenvalue weighted by Crippen LogP contribution is 2.33. The van der Waals surface area contributed by atoms with E-state index in [0.29, 0.717) is 5.13 Å². The maximum Gasteiger partial charge on any atom is 0.332 e. The summed E-state index contributed by atoms with van der Waals surface area (Å²) in [6.45, 7) is 4.18. The van der Waals surface area contributed by atoms with Gasteiger partial charge >= 0.3 is 5.69 Å². The number of carbonyl (C=O) groups is 1. The molecule has 0 aliphatic rings. The standard InChI is InChI=1S/C24H23N7O3S/c1-14-8-15(2)20-17(9-14)27-23(35-20)31(11-16-6-5-7-25-10-16)18(32)12-30-13-26-21-19(30)22(33)29(4)24(34)28(21)3/h5-10,13H,11-12H2,1-4H3. The van der Waals surface area contributed by atoms with E-state index < -0.39 is 11.2 Å². The molecule has 0 aliphatic carbocycles. The molecule has 178 valence electrons. The number of thiazole rings is 1. The van der Waals surface area contributed by atoms with Crippen molar-refractivity contribution < 1.29 is 4.79 Å². The molecule has 0 radical (unpaired) electrons. The van der Waals surface area contributed by atoms with Gasteiger partial charge in [0.05, 0.1) is 23.1 Å². The largest absolute Gasteiger partial charge is 0.332 e. The zero-order valence-electron chi connectivity index (χ0n) is 19.7. The van der Waals surface area contributed by atoms with Crippen molar-refractivity contribution in [1.82, 2.24) is 28.7 Å². The van der Waals surface area contributed by atoms with Gasteiger partial charge in [-0.1, -0.05) is 23.5 Å². The lowest BCUT2D eigenvalue weighted by Gasteiger charge is -2.20. The fourth-order valence-corrected chi connectivity index (χ4v) is 5.20. The maximum atomic E-state index is 13.7. The van der Waals surface area contributed by atoms with Crippen LogP contribution in [0.25, 0.3) is 21.4 Å². The zero-order valence-corrected chi connectivity index (χ0v) is 20.5. The average molecular weight is 490 g/mol. The summed E-state index contributed by atoms with van der Waals surface area (Å²) in [6, 6.07) is 7.81. The molecular weight excluding hydrogens is 466 g/mol. The van der Waals surface area contributed by atoms with Gasteiger partial charge in [-0.15, -0.1) is 0 Å². The third-order valence-electron chi connectivity index (χ3n) is 5.93. The summed E-state index contributed by atoms with van der Waals surface area (Å²) in [5.41, 5.74) is 3.34. The number of pyridine rings is 1. The number of fused-ring (bicyclic) bond motifs is 2. The molecule has 0 bridgehead atoms. The summed E-state index contributed by atoms with van der Waals surface area (Å²) in [4.78, 5) is 53.5. The Morgan fingerprint density at radius 2 is 1.94 bits per heavy atom. The molecule has 5 aromatic rings. The minimum absolute atomic E-state index is 0.141. The molecule has 0 aliphatic heterocycles. The topological polar surface area (TPSA) is 108 Å². The number of benzene rings is 1. The van der Waals surface area contributed by atoms with E-state index in [1.807, 2.05) is 32.0 Å². The highest BCUT2D eigenvalue weighted by Gasteiger charge is 2.23. The smallest absolute Gasteiger partial charge is 0.315 e. The number of imidazole rings is 1. The van der Waals surface area contributed by atoms with Crippen molar-refractivity contribution in [3.05, 3.63) is 80.5 Å². The Morgan fingerprint density at radius 1 is 1.14 bits per heavy atom. The lowest BCUT2D eigenvalue weighted by molar-refractivity contribution is -0.119. The highest BCUT2D eigenvalue weighted by atomic mass is 32.1. The second kappa shape index (κ2) is 8.58. The molecule has 11 heteroatoms. The predicted octanol–water partition coefficient (Wildman–Crippen LogP) is 2.29. The number of hydrogen-bond donors (Lipinski definition) is 0. The molecule has 10 nitrogen and oxygen atoms in total. The summed E-state index contributed by atoms with van der Waals surface area (Å²) in [5.74, 6) is -0.266. The molecule has 1 amide bonds. The van der Waals surface area contributed by atoms with Crippen molar-refractivity contribution in [2.75, 3.05) is 4.90 Å². The Balaban J connectivity index is 1.59. The van der Waals surface area contributed by atoms with E-state index in [1.165, 1.54) is 33.8 Å². The molecule has 4 aromatic heterocycles. The van der Waals surface area contributed by atoms with Crippen LogP contribution < -0.4 is 16.1 Å². The first-order valence-electron chi connectivity index (χ1n) is 10.9. The van der Waals surface area contributed by atoms with Crippen molar-refractivity contribution in [3.8, 4) is 0 Å². The third kappa shape index (κ3) is 3.93. The van der Waals surface area contributed by atoms with Crippen LogP contribution in [0.4, 0.5) is 5.13 Å². The second-order valence-electron chi connectivity index (χ2n) is 8.52. The summed E-state index contributed by atoms with van der Waals surface area (Å²) in [5, 5.41) is 0.562. The van der Waals surface area contributed by atoms with Crippen LogP contribution in [0.15, 0.2) is 52.6 Å². The normalized spacial score (nSPS) is 11.4. The number of carbonyl (C=O) groups excluding carboxylic acids is 1. The Hall–Kier alpha value is -4.12. The van der Waals surface area contributed by atoms with E-state index in [9.17, 15) is 14.4 Å². The number of amides is 1. The van der Waals surface area contributed by atoms with Crippen molar-refractivity contribution >= 4 is 43.8 Å². The molecule has 0 saturated carbocycles. The fraction of sp³-hybridized carbons (Fsp3) is 0.250. The van der Waals surface area contributed by atoms with Gasteiger partial charge in [0.25, 0.3) is 5.56 Å². The van der Waals surface area contributed by atoms with Crippen LogP contribution >= 0.6 is 11.3 Å². The van der Waals surface area contributed by atoms with Gasteiger partial charge in [-0.25, -0.2) is 14.8 Å². The van der Waals surface area contributed by atoms with Gasteiger partial charge in [0.15, 0.2) is 16.3 Å². The summed E-state index contributed by atoms with van der Waals surface area (Å²) < 4.78 is 4.81. The monoisotopic (exact) mass is 489 g/mol. The maximum absolute atomic E-state index is 13.7. The van der Waals surface area contributed by atoms with E-state index >= 15 is 0 Å². The second-order valence-corrected chi connectivity index (χ2v) is 9.50. The van der Waals surface area contributed by atoms with Crippen molar-refractivity contribution in [2.45, 2.75) is 26.9 Å². The van der Waals surface area contributed by atoms with E-state index in [4.69, 9.17) is 4.98 Å². The van der Waals surface area contributed by atoms with Crippen LogP contribution in [-0.4, -0.2) is 34.6 Å². The molecule has 0 fully saturated rings. The van der Waals surface area contributed by atoms with Gasteiger partial charge in [0.1, 0.15) is 6.54 Å². The number of nitrogens with zero attached hydrogens (tertiary/aromatic N) is 7. The highest BCUT2D eigenvalue weighted by molar-refractivity contribution is 7.22. The van der Waals surface area contributed by atoms with Crippen molar-refractivity contribution in [1.29, 1.82) is 0 Å². The summed E-state index contributed by atoms with van der Waals surface area (Å²) in [6.07, 6.45) is 4.80. The minimum atomic E-state index is -0.502. The van der Waals surface area contributed by atoms with Gasteiger partial charge in [0, 0.05) is 26.5 Å². The van der Waals surface area contributed by atoms with Crippen molar-refractivity contribution in [2.24, 2.45) is 14.1 Å². The SMILES string of the molecule is Cc1cc(C)c2sc(N(Cc3cccnc3)C(=O)Cn3cnc4c3c(=O)n(C)c(=O)n4C)nc2c1. The first-order valence-corrected chi connectivity index (χ1v) is 11.7. The molecule has 0 unspecified atom stereocenters. The van der Waals surface area contributed by atoms with Crippen LogP contribution in [-0.2, 0) is 32.0 Å². The van der Waals surface area contributed by atoms with E-state index in [-0.39, 0.29) is 30.2 Å². The van der Waals surface area contributed by atoms with E-state index in [2.05, 4.69) is 16.0 Å². The first kappa shape index (κ1) is 22.7. The van der Waals surface area contributed by atoms with Crippen molar-refractivity contribution in [3.63, 3.8) is 0 Å². The Kier molecular flexibility index (Phi) is 5.56. The summed E-state index contributed by atoms with van der Waals surface area (Å²) in [7, 11) is 2.95.